The number of rotatable bonds is 3. The van der Waals surface area contributed by atoms with Crippen LogP contribution in [0, 0.1) is 5.92 Å². The number of carbonyl (C=O) groups is 1. The third-order valence-corrected chi connectivity index (χ3v) is 7.23. The number of hydrogen-bond acceptors (Lipinski definition) is 5. The van der Waals surface area contributed by atoms with Crippen LogP contribution in [0.1, 0.15) is 33.3 Å². The summed E-state index contributed by atoms with van der Waals surface area (Å²) in [5.74, 6) is 1.18. The van der Waals surface area contributed by atoms with E-state index < -0.39 is 0 Å². The fourth-order valence-corrected chi connectivity index (χ4v) is 5.55. The number of piperazine rings is 1. The number of halogens is 2. The summed E-state index contributed by atoms with van der Waals surface area (Å²) in [7, 11) is 0. The van der Waals surface area contributed by atoms with Gasteiger partial charge in [0.1, 0.15) is 0 Å². The highest BCUT2D eigenvalue weighted by molar-refractivity contribution is 7.12. The van der Waals surface area contributed by atoms with Gasteiger partial charge in [0.25, 0.3) is 11.5 Å². The van der Waals surface area contributed by atoms with Crippen LogP contribution in [0.3, 0.4) is 0 Å². The fourth-order valence-electron chi connectivity index (χ4n) is 4.86. The minimum atomic E-state index is 0. The number of carbonyl (C=O) groups excluding carboxylic acids is 1. The smallest absolute Gasteiger partial charge is 0.264 e. The van der Waals surface area contributed by atoms with E-state index in [0.717, 1.165) is 56.3 Å². The van der Waals surface area contributed by atoms with Gasteiger partial charge >= 0.3 is 0 Å². The number of pyridine rings is 1. The quantitative estimate of drug-likeness (QED) is 0.747. The van der Waals surface area contributed by atoms with Gasteiger partial charge in [0.05, 0.1) is 4.88 Å². The van der Waals surface area contributed by atoms with Crippen molar-refractivity contribution in [1.82, 2.24) is 19.7 Å². The minimum absolute atomic E-state index is 0. The second kappa shape index (κ2) is 9.83. The molecule has 0 aromatic carbocycles. The Kier molecular flexibility index (Phi) is 7.63. The van der Waals surface area contributed by atoms with Crippen LogP contribution in [0.15, 0.2) is 34.4 Å². The van der Waals surface area contributed by atoms with Gasteiger partial charge in [-0.2, -0.15) is 0 Å². The molecular formula is C21H28Cl2N4O2S. The third kappa shape index (κ3) is 4.46. The van der Waals surface area contributed by atoms with Gasteiger partial charge in [0, 0.05) is 63.0 Å². The maximum atomic E-state index is 13.1. The van der Waals surface area contributed by atoms with Gasteiger partial charge in [-0.05, 0) is 36.4 Å². The van der Waals surface area contributed by atoms with Crippen LogP contribution >= 0.6 is 36.2 Å². The molecule has 164 valence electrons. The van der Waals surface area contributed by atoms with Crippen molar-refractivity contribution in [3.05, 3.63) is 56.1 Å². The van der Waals surface area contributed by atoms with E-state index in [9.17, 15) is 9.59 Å². The van der Waals surface area contributed by atoms with E-state index in [1.54, 1.807) is 0 Å². The maximum absolute atomic E-state index is 13.1. The molecule has 2 atom stereocenters. The largest absolute Gasteiger partial charge is 0.335 e. The summed E-state index contributed by atoms with van der Waals surface area (Å²) >= 11 is 1.50. The van der Waals surface area contributed by atoms with Crippen molar-refractivity contribution in [3.8, 4) is 0 Å². The molecule has 2 bridgehead atoms. The van der Waals surface area contributed by atoms with Crippen LogP contribution in [-0.4, -0.2) is 59.5 Å². The van der Waals surface area contributed by atoms with Gasteiger partial charge in [-0.25, -0.2) is 0 Å². The van der Waals surface area contributed by atoms with Crippen molar-refractivity contribution < 1.29 is 4.79 Å². The van der Waals surface area contributed by atoms with Gasteiger partial charge in [-0.1, -0.05) is 12.1 Å². The summed E-state index contributed by atoms with van der Waals surface area (Å²) in [5.41, 5.74) is 2.27. The van der Waals surface area contributed by atoms with Gasteiger partial charge in [-0.3, -0.25) is 14.5 Å². The molecule has 2 saturated heterocycles. The highest BCUT2D eigenvalue weighted by Gasteiger charge is 2.31. The lowest BCUT2D eigenvalue weighted by atomic mass is 9.84. The van der Waals surface area contributed by atoms with Crippen molar-refractivity contribution in [1.29, 1.82) is 0 Å². The standard InChI is InChI=1S/C21H26N4O2S.2ClH/c26-20-16(3-4-18-17-10-15(11-22-12-17)13-25(18)20)14-23-5-7-24(8-6-23)21(27)19-2-1-9-28-19;;/h1-4,9,15,17,22H,5-8,10-14H2;2*1H/t15-,17+;;/m0../s1. The Morgan fingerprint density at radius 3 is 2.63 bits per heavy atom. The number of thiophene rings is 1. The second-order valence-electron chi connectivity index (χ2n) is 8.20. The Morgan fingerprint density at radius 2 is 1.90 bits per heavy atom. The lowest BCUT2D eigenvalue weighted by Crippen LogP contribution is -2.49. The lowest BCUT2D eigenvalue weighted by Gasteiger charge is -2.38. The summed E-state index contributed by atoms with van der Waals surface area (Å²) in [6.45, 7) is 6.59. The molecule has 3 aliphatic heterocycles. The number of fused-ring (bicyclic) bond motifs is 4. The molecule has 1 amide bonds. The molecule has 6 nitrogen and oxygen atoms in total. The molecule has 0 radical (unpaired) electrons. The summed E-state index contributed by atoms with van der Waals surface area (Å²) in [5, 5.41) is 5.44. The SMILES string of the molecule is Cl.Cl.O=C(c1cccs1)N1CCN(Cc2ccc3n(c2=O)C[C@@H]2CNC[C@H]3C2)CC1. The molecule has 2 aromatic heterocycles. The first kappa shape index (κ1) is 23.3. The highest BCUT2D eigenvalue weighted by atomic mass is 35.5. The molecule has 2 fully saturated rings. The Hall–Kier alpha value is -1.38. The predicted octanol–water partition coefficient (Wildman–Crippen LogP) is 2.42. The van der Waals surface area contributed by atoms with E-state index in [-0.39, 0.29) is 36.3 Å². The van der Waals surface area contributed by atoms with E-state index in [1.807, 2.05) is 33.0 Å². The molecule has 5 rings (SSSR count). The van der Waals surface area contributed by atoms with E-state index in [4.69, 9.17) is 0 Å². The zero-order chi connectivity index (χ0) is 19.1. The lowest BCUT2D eigenvalue weighted by molar-refractivity contribution is 0.0632. The van der Waals surface area contributed by atoms with Crippen molar-refractivity contribution in [3.63, 3.8) is 0 Å². The number of nitrogens with zero attached hydrogens (tertiary/aromatic N) is 3. The fraction of sp³-hybridized carbons (Fsp3) is 0.524. The van der Waals surface area contributed by atoms with Gasteiger partial charge in [0.15, 0.2) is 0 Å². The molecule has 1 N–H and O–H groups in total. The molecule has 30 heavy (non-hydrogen) atoms. The van der Waals surface area contributed by atoms with Crippen molar-refractivity contribution in [2.45, 2.75) is 25.4 Å². The zero-order valence-electron chi connectivity index (χ0n) is 16.8. The average Bonchev–Trinajstić information content (AvgIpc) is 3.26. The Balaban J connectivity index is 0.00000128. The maximum Gasteiger partial charge on any atom is 0.264 e. The van der Waals surface area contributed by atoms with E-state index in [2.05, 4.69) is 16.3 Å². The predicted molar refractivity (Wildman–Crippen MR) is 124 cm³/mol. The summed E-state index contributed by atoms with van der Waals surface area (Å²) in [6.07, 6.45) is 1.20. The molecule has 0 saturated carbocycles. The Bertz CT molecular complexity index is 926. The number of aromatic nitrogens is 1. The molecule has 2 aromatic rings. The molecule has 0 aliphatic carbocycles. The van der Waals surface area contributed by atoms with Crippen molar-refractivity contribution in [2.24, 2.45) is 5.92 Å². The summed E-state index contributed by atoms with van der Waals surface area (Å²) in [4.78, 5) is 30.6. The van der Waals surface area contributed by atoms with Crippen molar-refractivity contribution >= 4 is 42.1 Å². The van der Waals surface area contributed by atoms with E-state index in [0.29, 0.717) is 18.4 Å². The van der Waals surface area contributed by atoms with Crippen LogP contribution in [0.2, 0.25) is 0 Å². The zero-order valence-corrected chi connectivity index (χ0v) is 19.2. The average molecular weight is 471 g/mol. The molecule has 0 unspecified atom stereocenters. The first-order valence-electron chi connectivity index (χ1n) is 10.2. The first-order valence-corrected chi connectivity index (χ1v) is 11.1. The van der Waals surface area contributed by atoms with Crippen molar-refractivity contribution in [2.75, 3.05) is 39.3 Å². The van der Waals surface area contributed by atoms with Crippen LogP contribution in [0.25, 0.3) is 0 Å². The first-order chi connectivity index (χ1) is 13.7. The number of nitrogens with one attached hydrogen (secondary N) is 1. The molecular weight excluding hydrogens is 443 g/mol. The minimum Gasteiger partial charge on any atom is -0.335 e. The molecule has 9 heteroatoms. The summed E-state index contributed by atoms with van der Waals surface area (Å²) < 4.78 is 2.03. The van der Waals surface area contributed by atoms with Gasteiger partial charge in [-0.15, -0.1) is 36.2 Å². The molecule has 0 spiro atoms. The molecule has 3 aliphatic rings. The summed E-state index contributed by atoms with van der Waals surface area (Å²) in [6, 6.07) is 8.01. The monoisotopic (exact) mass is 470 g/mol. The van der Waals surface area contributed by atoms with Gasteiger partial charge in [0.2, 0.25) is 0 Å². The third-order valence-electron chi connectivity index (χ3n) is 6.37. The normalized spacial score (nSPS) is 23.1. The van der Waals surface area contributed by atoms with Crippen LogP contribution < -0.4 is 10.9 Å². The van der Waals surface area contributed by atoms with Crippen LogP contribution in [0.4, 0.5) is 0 Å². The van der Waals surface area contributed by atoms with Crippen LogP contribution in [-0.2, 0) is 13.1 Å². The second-order valence-corrected chi connectivity index (χ2v) is 9.15. The Morgan fingerprint density at radius 1 is 1.10 bits per heavy atom. The number of amides is 1. The topological polar surface area (TPSA) is 57.6 Å². The number of piperidine rings is 1. The van der Waals surface area contributed by atoms with E-state index in [1.165, 1.54) is 23.5 Å². The van der Waals surface area contributed by atoms with Crippen LogP contribution in [0.5, 0.6) is 0 Å². The Labute approximate surface area is 193 Å². The van der Waals surface area contributed by atoms with Gasteiger partial charge < -0.3 is 14.8 Å². The highest BCUT2D eigenvalue weighted by Crippen LogP contribution is 2.31. The van der Waals surface area contributed by atoms with E-state index >= 15 is 0 Å². The molecule has 5 heterocycles. The number of hydrogen-bond donors (Lipinski definition) is 1.